The molecule has 1 aliphatic carbocycles. The molecule has 2 aromatic rings. The lowest BCUT2D eigenvalue weighted by Crippen LogP contribution is -2.22. The largest absolute Gasteiger partial charge is 0.504 e. The molecule has 8 heteroatoms. The number of phenolic OH excluding ortho intramolecular Hbond substituents is 2. The fraction of sp³-hybridized carbons (Fsp3) is 0.0667. The molecule has 0 amide bonds. The molecule has 0 saturated heterocycles. The molecule has 0 aromatic heterocycles. The lowest BCUT2D eigenvalue weighted by Gasteiger charge is -2.20. The van der Waals surface area contributed by atoms with Crippen molar-refractivity contribution in [1.82, 2.24) is 0 Å². The standard InChI is InChI=1S/C15H10O7S/c1-22-23(20,21)10-6-9-11(15(19)14(10)18)13(17)8-5-3-2-4-7(8)12(9)16/h2-6,18-19H,1H3. The molecule has 0 fully saturated rings. The molecule has 3 rings (SSSR count). The number of rotatable bonds is 2. The van der Waals surface area contributed by atoms with Crippen LogP contribution >= 0.6 is 0 Å². The predicted molar refractivity (Wildman–Crippen MR) is 77.3 cm³/mol. The van der Waals surface area contributed by atoms with Crippen molar-refractivity contribution in [3.63, 3.8) is 0 Å². The third-order valence-electron chi connectivity index (χ3n) is 3.62. The van der Waals surface area contributed by atoms with E-state index in [1.165, 1.54) is 12.1 Å². The molecule has 0 radical (unpaired) electrons. The van der Waals surface area contributed by atoms with E-state index in [2.05, 4.69) is 4.18 Å². The molecular weight excluding hydrogens is 324 g/mol. The predicted octanol–water partition coefficient (Wildman–Crippen LogP) is 1.21. The van der Waals surface area contributed by atoms with Gasteiger partial charge in [-0.15, -0.1) is 0 Å². The monoisotopic (exact) mass is 334 g/mol. The van der Waals surface area contributed by atoms with Crippen LogP contribution in [0.15, 0.2) is 35.2 Å². The minimum absolute atomic E-state index is 0.0713. The quantitative estimate of drug-likeness (QED) is 0.534. The van der Waals surface area contributed by atoms with E-state index in [4.69, 9.17) is 0 Å². The van der Waals surface area contributed by atoms with Crippen molar-refractivity contribution in [2.24, 2.45) is 0 Å². The normalized spacial score (nSPS) is 13.6. The summed E-state index contributed by atoms with van der Waals surface area (Å²) >= 11 is 0. The van der Waals surface area contributed by atoms with E-state index in [0.717, 1.165) is 13.2 Å². The van der Waals surface area contributed by atoms with E-state index >= 15 is 0 Å². The second-order valence-corrected chi connectivity index (χ2v) is 6.50. The van der Waals surface area contributed by atoms with Crippen molar-refractivity contribution in [2.45, 2.75) is 4.90 Å². The molecule has 0 atom stereocenters. The molecule has 23 heavy (non-hydrogen) atoms. The Hall–Kier alpha value is -2.71. The first kappa shape index (κ1) is 15.2. The second kappa shape index (κ2) is 4.90. The van der Waals surface area contributed by atoms with Crippen LogP contribution in [0, 0.1) is 0 Å². The van der Waals surface area contributed by atoms with Gasteiger partial charge in [0, 0.05) is 16.7 Å². The van der Waals surface area contributed by atoms with Crippen molar-refractivity contribution in [3.8, 4) is 11.5 Å². The number of benzene rings is 2. The zero-order chi connectivity index (χ0) is 16.9. The van der Waals surface area contributed by atoms with Gasteiger partial charge in [-0.2, -0.15) is 8.42 Å². The van der Waals surface area contributed by atoms with Crippen molar-refractivity contribution < 1.29 is 32.4 Å². The van der Waals surface area contributed by atoms with Crippen LogP contribution < -0.4 is 0 Å². The summed E-state index contributed by atoms with van der Waals surface area (Å²) in [5, 5.41) is 20.0. The smallest absolute Gasteiger partial charge is 0.300 e. The molecule has 0 spiro atoms. The summed E-state index contributed by atoms with van der Waals surface area (Å²) in [4.78, 5) is 24.2. The van der Waals surface area contributed by atoms with Crippen LogP contribution in [0.25, 0.3) is 0 Å². The van der Waals surface area contributed by atoms with Crippen LogP contribution in [0.1, 0.15) is 31.8 Å². The van der Waals surface area contributed by atoms with E-state index in [-0.39, 0.29) is 16.7 Å². The molecule has 0 unspecified atom stereocenters. The fourth-order valence-corrected chi connectivity index (χ4v) is 3.26. The highest BCUT2D eigenvalue weighted by Gasteiger charge is 2.36. The minimum atomic E-state index is -4.38. The Labute approximate surface area is 130 Å². The number of aromatic hydroxyl groups is 2. The Balaban J connectivity index is 2.39. The van der Waals surface area contributed by atoms with Gasteiger partial charge in [-0.05, 0) is 6.07 Å². The van der Waals surface area contributed by atoms with Gasteiger partial charge < -0.3 is 10.2 Å². The second-order valence-electron chi connectivity index (χ2n) is 4.82. The number of phenols is 2. The van der Waals surface area contributed by atoms with E-state index in [0.29, 0.717) is 0 Å². The maximum atomic E-state index is 12.5. The third kappa shape index (κ3) is 2.03. The summed E-state index contributed by atoms with van der Waals surface area (Å²) in [7, 11) is -3.51. The highest BCUT2D eigenvalue weighted by molar-refractivity contribution is 7.86. The maximum Gasteiger partial charge on any atom is 0.300 e. The van der Waals surface area contributed by atoms with Crippen LogP contribution in [-0.2, 0) is 14.3 Å². The van der Waals surface area contributed by atoms with Crippen LogP contribution in [0.3, 0.4) is 0 Å². The lowest BCUT2D eigenvalue weighted by molar-refractivity contribution is 0.0975. The Kier molecular flexibility index (Phi) is 3.24. The Morgan fingerprint density at radius 2 is 1.48 bits per heavy atom. The molecule has 2 aromatic carbocycles. The minimum Gasteiger partial charge on any atom is -0.504 e. The molecule has 0 heterocycles. The van der Waals surface area contributed by atoms with Crippen LogP contribution in [0.4, 0.5) is 0 Å². The van der Waals surface area contributed by atoms with Gasteiger partial charge in [0.2, 0.25) is 0 Å². The topological polar surface area (TPSA) is 118 Å². The van der Waals surface area contributed by atoms with Crippen molar-refractivity contribution in [3.05, 3.63) is 52.6 Å². The molecule has 1 aliphatic rings. The van der Waals surface area contributed by atoms with E-state index in [9.17, 15) is 28.2 Å². The van der Waals surface area contributed by atoms with Gasteiger partial charge in [-0.3, -0.25) is 13.8 Å². The van der Waals surface area contributed by atoms with Gasteiger partial charge in [-0.25, -0.2) is 0 Å². The highest BCUT2D eigenvalue weighted by atomic mass is 32.2. The first-order chi connectivity index (χ1) is 10.8. The Bertz CT molecular complexity index is 974. The van der Waals surface area contributed by atoms with E-state index in [1.807, 2.05) is 0 Å². The first-order valence-electron chi connectivity index (χ1n) is 6.37. The van der Waals surface area contributed by atoms with Crippen LogP contribution in [-0.4, -0.2) is 37.3 Å². The van der Waals surface area contributed by atoms with Crippen LogP contribution in [0.5, 0.6) is 11.5 Å². The number of fused-ring (bicyclic) bond motifs is 2. The Morgan fingerprint density at radius 1 is 0.913 bits per heavy atom. The van der Waals surface area contributed by atoms with Gasteiger partial charge in [0.1, 0.15) is 4.90 Å². The van der Waals surface area contributed by atoms with Crippen molar-refractivity contribution in [2.75, 3.05) is 7.11 Å². The van der Waals surface area contributed by atoms with Gasteiger partial charge in [0.05, 0.1) is 12.7 Å². The summed E-state index contributed by atoms with van der Waals surface area (Å²) in [6.07, 6.45) is 0. The molecule has 118 valence electrons. The fourth-order valence-electron chi connectivity index (χ4n) is 2.48. The van der Waals surface area contributed by atoms with Gasteiger partial charge in [-0.1, -0.05) is 24.3 Å². The van der Waals surface area contributed by atoms with Gasteiger partial charge in [0.15, 0.2) is 23.1 Å². The summed E-state index contributed by atoms with van der Waals surface area (Å²) in [5.41, 5.74) is -0.571. The zero-order valence-corrected chi connectivity index (χ0v) is 12.5. The number of ketones is 2. The molecular formula is C15H10O7S. The summed E-state index contributed by atoms with van der Waals surface area (Å²) in [6, 6.07) is 6.78. The molecule has 2 N–H and O–H groups in total. The number of carbonyl (C=O) groups excluding carboxylic acids is 2. The van der Waals surface area contributed by atoms with Crippen LogP contribution in [0.2, 0.25) is 0 Å². The number of hydrogen-bond donors (Lipinski definition) is 2. The van der Waals surface area contributed by atoms with E-state index in [1.54, 1.807) is 12.1 Å². The molecule has 7 nitrogen and oxygen atoms in total. The van der Waals surface area contributed by atoms with Gasteiger partial charge in [0.25, 0.3) is 0 Å². The third-order valence-corrected chi connectivity index (χ3v) is 4.90. The van der Waals surface area contributed by atoms with Gasteiger partial charge >= 0.3 is 10.1 Å². The summed E-state index contributed by atoms with van der Waals surface area (Å²) in [6.45, 7) is 0. The molecule has 0 saturated carbocycles. The van der Waals surface area contributed by atoms with Crippen molar-refractivity contribution in [1.29, 1.82) is 0 Å². The highest BCUT2D eigenvalue weighted by Crippen LogP contribution is 2.42. The molecule has 0 bridgehead atoms. The summed E-state index contributed by atoms with van der Waals surface area (Å²) in [5.74, 6) is -3.31. The first-order valence-corrected chi connectivity index (χ1v) is 7.78. The zero-order valence-electron chi connectivity index (χ0n) is 11.7. The Morgan fingerprint density at radius 3 is 2.04 bits per heavy atom. The number of hydrogen-bond acceptors (Lipinski definition) is 7. The molecule has 0 aliphatic heterocycles. The SMILES string of the molecule is COS(=O)(=O)c1cc2c(c(O)c1O)C(=O)c1ccccc1C2=O. The van der Waals surface area contributed by atoms with Crippen molar-refractivity contribution >= 4 is 21.7 Å². The average Bonchev–Trinajstić information content (AvgIpc) is 2.54. The lowest BCUT2D eigenvalue weighted by atomic mass is 9.83. The average molecular weight is 334 g/mol. The summed E-state index contributed by atoms with van der Waals surface area (Å²) < 4.78 is 27.9. The maximum absolute atomic E-state index is 12.5. The van der Waals surface area contributed by atoms with E-state index < -0.39 is 43.6 Å². The number of carbonyl (C=O) groups is 2.